The number of amides is 1. The zero-order valence-corrected chi connectivity index (χ0v) is 16.1. The Morgan fingerprint density at radius 3 is 2.29 bits per heavy atom. The third-order valence-electron chi connectivity index (χ3n) is 4.28. The van der Waals surface area contributed by atoms with E-state index in [1.807, 2.05) is 42.5 Å². The van der Waals surface area contributed by atoms with Gasteiger partial charge in [0.25, 0.3) is 5.91 Å². The molecule has 0 saturated heterocycles. The van der Waals surface area contributed by atoms with Crippen molar-refractivity contribution >= 4 is 17.6 Å². The number of rotatable bonds is 5. The lowest BCUT2D eigenvalue weighted by molar-refractivity contribution is 0.0977. The number of nitrogens with zero attached hydrogens (tertiary/aromatic N) is 2. The summed E-state index contributed by atoms with van der Waals surface area (Å²) < 4.78 is 0. The Morgan fingerprint density at radius 1 is 0.964 bits per heavy atom. The predicted octanol–water partition coefficient (Wildman–Crippen LogP) is 4.60. The third kappa shape index (κ3) is 5.51. The first-order valence-electron chi connectivity index (χ1n) is 9.28. The van der Waals surface area contributed by atoms with Crippen LogP contribution < -0.4 is 10.6 Å². The van der Waals surface area contributed by atoms with E-state index >= 15 is 0 Å². The Bertz CT molecular complexity index is 920. The summed E-state index contributed by atoms with van der Waals surface area (Å²) in [5.74, 6) is 0.662. The first-order valence-corrected chi connectivity index (χ1v) is 9.28. The standard InChI is InChI=1S/C23H24N4O/c1-17(2)19-8-10-21(11-9-19)26-23(25-16-18-12-14-24-15-13-18)27-22(28)20-6-4-3-5-7-20/h3-15,17H,16H2,1-2H3,(H2,25,26,27,28). The van der Waals surface area contributed by atoms with E-state index in [1.54, 1.807) is 24.5 Å². The highest BCUT2D eigenvalue weighted by Crippen LogP contribution is 2.17. The topological polar surface area (TPSA) is 66.4 Å². The van der Waals surface area contributed by atoms with Gasteiger partial charge in [0.2, 0.25) is 5.96 Å². The summed E-state index contributed by atoms with van der Waals surface area (Å²) in [7, 11) is 0. The maximum absolute atomic E-state index is 12.6. The van der Waals surface area contributed by atoms with E-state index in [-0.39, 0.29) is 5.91 Å². The van der Waals surface area contributed by atoms with Crippen LogP contribution >= 0.6 is 0 Å². The van der Waals surface area contributed by atoms with Gasteiger partial charge in [-0.1, -0.05) is 44.2 Å². The van der Waals surface area contributed by atoms with Crippen LogP contribution in [0, 0.1) is 0 Å². The fraction of sp³-hybridized carbons (Fsp3) is 0.174. The van der Waals surface area contributed by atoms with E-state index in [0.29, 0.717) is 24.0 Å². The lowest BCUT2D eigenvalue weighted by Gasteiger charge is -2.13. The van der Waals surface area contributed by atoms with Crippen molar-refractivity contribution in [2.45, 2.75) is 26.3 Å². The van der Waals surface area contributed by atoms with Crippen LogP contribution in [0.2, 0.25) is 0 Å². The van der Waals surface area contributed by atoms with Crippen molar-refractivity contribution < 1.29 is 4.79 Å². The van der Waals surface area contributed by atoms with Crippen molar-refractivity contribution in [3.05, 3.63) is 95.8 Å². The van der Waals surface area contributed by atoms with Crippen molar-refractivity contribution in [1.82, 2.24) is 10.3 Å². The van der Waals surface area contributed by atoms with E-state index in [4.69, 9.17) is 0 Å². The fourth-order valence-corrected chi connectivity index (χ4v) is 2.63. The number of aromatic nitrogens is 1. The minimum absolute atomic E-state index is 0.208. The summed E-state index contributed by atoms with van der Waals surface area (Å²) in [5, 5.41) is 6.09. The number of pyridine rings is 1. The van der Waals surface area contributed by atoms with Crippen LogP contribution in [0.1, 0.15) is 41.3 Å². The Kier molecular flexibility index (Phi) is 6.52. The molecular weight excluding hydrogens is 348 g/mol. The Morgan fingerprint density at radius 2 is 1.64 bits per heavy atom. The molecule has 3 rings (SSSR count). The summed E-state index contributed by atoms with van der Waals surface area (Å²) >= 11 is 0. The SMILES string of the molecule is CC(C)c1ccc(NC(=NCc2ccncc2)NC(=O)c2ccccc2)cc1. The van der Waals surface area contributed by atoms with Crippen molar-refractivity contribution in [2.75, 3.05) is 5.32 Å². The summed E-state index contributed by atoms with van der Waals surface area (Å²) in [6.45, 7) is 4.75. The van der Waals surface area contributed by atoms with Crippen LogP contribution in [0.15, 0.2) is 84.1 Å². The van der Waals surface area contributed by atoms with Gasteiger partial charge < -0.3 is 5.32 Å². The molecule has 0 bridgehead atoms. The van der Waals surface area contributed by atoms with E-state index < -0.39 is 0 Å². The first-order chi connectivity index (χ1) is 13.6. The van der Waals surface area contributed by atoms with E-state index in [2.05, 4.69) is 46.6 Å². The molecule has 0 unspecified atom stereocenters. The average molecular weight is 372 g/mol. The lowest BCUT2D eigenvalue weighted by atomic mass is 10.0. The number of hydrogen-bond donors (Lipinski definition) is 2. The van der Waals surface area contributed by atoms with Gasteiger partial charge in [0.05, 0.1) is 6.54 Å². The van der Waals surface area contributed by atoms with Crippen LogP contribution in [-0.4, -0.2) is 16.9 Å². The number of guanidine groups is 1. The number of aliphatic imine (C=N–C) groups is 1. The maximum Gasteiger partial charge on any atom is 0.257 e. The normalized spacial score (nSPS) is 11.3. The molecule has 142 valence electrons. The zero-order chi connectivity index (χ0) is 19.8. The Hall–Kier alpha value is -3.47. The molecule has 2 aromatic carbocycles. The molecule has 0 spiro atoms. The fourth-order valence-electron chi connectivity index (χ4n) is 2.63. The Labute approximate surface area is 165 Å². The number of benzene rings is 2. The quantitative estimate of drug-likeness (QED) is 0.508. The number of carbonyl (C=O) groups excluding carboxylic acids is 1. The predicted molar refractivity (Wildman–Crippen MR) is 113 cm³/mol. The molecule has 0 saturated carbocycles. The Balaban J connectivity index is 1.78. The molecule has 28 heavy (non-hydrogen) atoms. The first kappa shape index (κ1) is 19.3. The van der Waals surface area contributed by atoms with Crippen LogP contribution in [0.3, 0.4) is 0 Å². The van der Waals surface area contributed by atoms with Crippen molar-refractivity contribution in [3.63, 3.8) is 0 Å². The number of hydrogen-bond acceptors (Lipinski definition) is 3. The van der Waals surface area contributed by atoms with Crippen LogP contribution in [0.5, 0.6) is 0 Å². The summed E-state index contributed by atoms with van der Waals surface area (Å²) in [5.41, 5.74) is 3.72. The highest BCUT2D eigenvalue weighted by atomic mass is 16.1. The minimum atomic E-state index is -0.208. The third-order valence-corrected chi connectivity index (χ3v) is 4.28. The summed E-state index contributed by atoms with van der Waals surface area (Å²) in [6.07, 6.45) is 3.45. The van der Waals surface area contributed by atoms with Gasteiger partial charge >= 0.3 is 0 Å². The zero-order valence-electron chi connectivity index (χ0n) is 16.1. The second-order valence-corrected chi connectivity index (χ2v) is 6.74. The summed E-state index contributed by atoms with van der Waals surface area (Å²) in [4.78, 5) is 21.1. The molecule has 0 atom stereocenters. The van der Waals surface area contributed by atoms with Crippen molar-refractivity contribution in [1.29, 1.82) is 0 Å². The molecule has 1 heterocycles. The molecule has 5 nitrogen and oxygen atoms in total. The number of anilines is 1. The van der Waals surface area contributed by atoms with Gasteiger partial charge in [-0.15, -0.1) is 0 Å². The average Bonchev–Trinajstić information content (AvgIpc) is 2.73. The van der Waals surface area contributed by atoms with Gasteiger partial charge in [0.1, 0.15) is 0 Å². The molecule has 5 heteroatoms. The van der Waals surface area contributed by atoms with E-state index in [9.17, 15) is 4.79 Å². The van der Waals surface area contributed by atoms with Gasteiger partial charge in [0.15, 0.2) is 0 Å². The lowest BCUT2D eigenvalue weighted by Crippen LogP contribution is -2.36. The second-order valence-electron chi connectivity index (χ2n) is 6.74. The molecule has 0 fully saturated rings. The summed E-state index contributed by atoms with van der Waals surface area (Å²) in [6, 6.07) is 21.0. The second kappa shape index (κ2) is 9.46. The van der Waals surface area contributed by atoms with Crippen LogP contribution in [0.25, 0.3) is 0 Å². The number of nitrogens with one attached hydrogen (secondary N) is 2. The van der Waals surface area contributed by atoms with Crippen molar-refractivity contribution in [2.24, 2.45) is 4.99 Å². The van der Waals surface area contributed by atoms with E-state index in [1.165, 1.54) is 5.56 Å². The smallest absolute Gasteiger partial charge is 0.257 e. The van der Waals surface area contributed by atoms with Crippen molar-refractivity contribution in [3.8, 4) is 0 Å². The molecule has 2 N–H and O–H groups in total. The molecule has 1 amide bonds. The van der Waals surface area contributed by atoms with Gasteiger partial charge in [-0.05, 0) is 53.4 Å². The molecule has 3 aromatic rings. The van der Waals surface area contributed by atoms with Gasteiger partial charge in [0, 0.05) is 23.6 Å². The molecule has 0 aliphatic carbocycles. The molecule has 1 aromatic heterocycles. The highest BCUT2D eigenvalue weighted by molar-refractivity contribution is 6.09. The van der Waals surface area contributed by atoms with Crippen LogP contribution in [0.4, 0.5) is 5.69 Å². The minimum Gasteiger partial charge on any atom is -0.326 e. The van der Waals surface area contributed by atoms with Gasteiger partial charge in [-0.25, -0.2) is 4.99 Å². The van der Waals surface area contributed by atoms with Gasteiger partial charge in [-0.2, -0.15) is 0 Å². The molecule has 0 radical (unpaired) electrons. The van der Waals surface area contributed by atoms with E-state index in [0.717, 1.165) is 11.3 Å². The monoisotopic (exact) mass is 372 g/mol. The maximum atomic E-state index is 12.6. The molecule has 0 aliphatic heterocycles. The van der Waals surface area contributed by atoms with Gasteiger partial charge in [-0.3, -0.25) is 15.1 Å². The molecule has 0 aliphatic rings. The molecular formula is C23H24N4O. The van der Waals surface area contributed by atoms with Crippen LogP contribution in [-0.2, 0) is 6.54 Å². The number of carbonyl (C=O) groups is 1. The largest absolute Gasteiger partial charge is 0.326 e. The highest BCUT2D eigenvalue weighted by Gasteiger charge is 2.09.